The lowest BCUT2D eigenvalue weighted by Gasteiger charge is -2.36. The molecule has 0 radical (unpaired) electrons. The molecule has 8 heteroatoms. The maximum Gasteiger partial charge on any atom is 0.272 e. The first-order valence-electron chi connectivity index (χ1n) is 13.6. The van der Waals surface area contributed by atoms with Gasteiger partial charge in [-0.25, -0.2) is 0 Å². The van der Waals surface area contributed by atoms with E-state index in [1.165, 1.54) is 5.69 Å². The predicted molar refractivity (Wildman–Crippen MR) is 160 cm³/mol. The number of aromatic nitrogens is 1. The van der Waals surface area contributed by atoms with Gasteiger partial charge < -0.3 is 25.2 Å². The van der Waals surface area contributed by atoms with E-state index in [0.29, 0.717) is 22.5 Å². The summed E-state index contributed by atoms with van der Waals surface area (Å²) in [4.78, 5) is 30.2. The lowest BCUT2D eigenvalue weighted by atomic mass is 10.0. The van der Waals surface area contributed by atoms with E-state index in [4.69, 9.17) is 5.11 Å². The van der Waals surface area contributed by atoms with Crippen LogP contribution in [0.4, 0.5) is 22.7 Å². The molecule has 0 saturated carbocycles. The number of aryl methyl sites for hydroxylation is 1. The topological polar surface area (TPSA) is 89.8 Å². The van der Waals surface area contributed by atoms with E-state index in [2.05, 4.69) is 44.7 Å². The van der Waals surface area contributed by atoms with Gasteiger partial charge in [-0.1, -0.05) is 0 Å². The van der Waals surface area contributed by atoms with Gasteiger partial charge in [-0.05, 0) is 91.3 Å². The van der Waals surface area contributed by atoms with E-state index in [0.717, 1.165) is 50.5 Å². The number of hydrogen-bond donors (Lipinski definition) is 3. The molecule has 206 valence electrons. The largest absolute Gasteiger partial charge is 0.396 e. The zero-order valence-corrected chi connectivity index (χ0v) is 22.7. The summed E-state index contributed by atoms with van der Waals surface area (Å²) in [7, 11) is 1.82. The van der Waals surface area contributed by atoms with E-state index < -0.39 is 0 Å². The van der Waals surface area contributed by atoms with Crippen LogP contribution in [0, 0.1) is 0 Å². The van der Waals surface area contributed by atoms with Crippen LogP contribution in [0.3, 0.4) is 0 Å². The van der Waals surface area contributed by atoms with Crippen LogP contribution in [-0.4, -0.2) is 65.6 Å². The molecule has 5 rings (SSSR count). The molecule has 0 aliphatic carbocycles. The van der Waals surface area contributed by atoms with Crippen LogP contribution in [0.5, 0.6) is 0 Å². The first-order chi connectivity index (χ1) is 19.5. The average molecular weight is 538 g/mol. The van der Waals surface area contributed by atoms with Crippen molar-refractivity contribution in [3.05, 3.63) is 108 Å². The number of carbonyl (C=O) groups excluding carboxylic acids is 2. The van der Waals surface area contributed by atoms with Crippen molar-refractivity contribution in [1.29, 1.82) is 0 Å². The number of aliphatic hydroxyl groups excluding tert-OH is 1. The maximum atomic E-state index is 13.0. The van der Waals surface area contributed by atoms with Crippen molar-refractivity contribution < 1.29 is 14.7 Å². The number of ketones is 1. The highest BCUT2D eigenvalue weighted by Gasteiger charge is 2.17. The third kappa shape index (κ3) is 6.59. The second-order valence-corrected chi connectivity index (χ2v) is 10.0. The number of piperazine rings is 1. The molecule has 2 heterocycles. The molecule has 1 saturated heterocycles. The molecule has 1 fully saturated rings. The minimum Gasteiger partial charge on any atom is -0.396 e. The number of carbonyl (C=O) groups is 2. The molecular weight excluding hydrogens is 502 g/mol. The Balaban J connectivity index is 1.14. The molecule has 0 bridgehead atoms. The normalized spacial score (nSPS) is 13.7. The Kier molecular flexibility index (Phi) is 8.59. The monoisotopic (exact) mass is 537 g/mol. The van der Waals surface area contributed by atoms with Crippen molar-refractivity contribution in [2.24, 2.45) is 7.05 Å². The summed E-state index contributed by atoms with van der Waals surface area (Å²) < 4.78 is 1.76. The summed E-state index contributed by atoms with van der Waals surface area (Å²) in [5.74, 6) is -0.273. The molecule has 40 heavy (non-hydrogen) atoms. The van der Waals surface area contributed by atoms with Gasteiger partial charge in [0.1, 0.15) is 5.69 Å². The molecule has 8 nitrogen and oxygen atoms in total. The first-order valence-corrected chi connectivity index (χ1v) is 13.6. The van der Waals surface area contributed by atoms with Gasteiger partial charge in [0.15, 0.2) is 5.78 Å². The predicted octanol–water partition coefficient (Wildman–Crippen LogP) is 4.76. The first kappa shape index (κ1) is 27.2. The van der Waals surface area contributed by atoms with Crippen molar-refractivity contribution in [1.82, 2.24) is 9.47 Å². The number of nitrogens with one attached hydrogen (secondary N) is 2. The molecule has 1 aliphatic heterocycles. The van der Waals surface area contributed by atoms with Gasteiger partial charge >= 0.3 is 0 Å². The number of nitrogens with zero attached hydrogens (tertiary/aromatic N) is 3. The fourth-order valence-corrected chi connectivity index (χ4v) is 4.91. The summed E-state index contributed by atoms with van der Waals surface area (Å²) >= 11 is 0. The van der Waals surface area contributed by atoms with Crippen molar-refractivity contribution in [3.63, 3.8) is 0 Å². The summed E-state index contributed by atoms with van der Waals surface area (Å²) in [6.07, 6.45) is 2.65. The number of amides is 1. The highest BCUT2D eigenvalue weighted by molar-refractivity contribution is 6.09. The van der Waals surface area contributed by atoms with E-state index >= 15 is 0 Å². The molecule has 1 amide bonds. The highest BCUT2D eigenvalue weighted by Crippen LogP contribution is 2.23. The van der Waals surface area contributed by atoms with Gasteiger partial charge in [0.25, 0.3) is 5.91 Å². The van der Waals surface area contributed by atoms with Crippen LogP contribution in [0.1, 0.15) is 32.8 Å². The van der Waals surface area contributed by atoms with Crippen molar-refractivity contribution in [3.8, 4) is 0 Å². The lowest BCUT2D eigenvalue weighted by molar-refractivity contribution is 0.101. The van der Waals surface area contributed by atoms with Crippen LogP contribution in [0.25, 0.3) is 0 Å². The van der Waals surface area contributed by atoms with E-state index in [1.54, 1.807) is 34.9 Å². The molecule has 1 aromatic heterocycles. The average Bonchev–Trinajstić information content (AvgIpc) is 3.43. The minimum absolute atomic E-state index is 0.0762. The smallest absolute Gasteiger partial charge is 0.272 e. The molecule has 0 unspecified atom stereocenters. The number of anilines is 4. The van der Waals surface area contributed by atoms with Gasteiger partial charge in [-0.2, -0.15) is 0 Å². The van der Waals surface area contributed by atoms with Crippen LogP contribution >= 0.6 is 0 Å². The molecule has 3 aromatic carbocycles. The molecule has 4 aromatic rings. The Bertz CT molecular complexity index is 1420. The van der Waals surface area contributed by atoms with Crippen LogP contribution < -0.4 is 15.5 Å². The SMILES string of the molecule is Cn1cccc1C(=O)Nc1ccc(C(=O)c2ccc(Nc3ccc(N4CCN(CCCO)CC4)cc3)cc2)cc1. The Hall–Kier alpha value is -4.40. The fourth-order valence-electron chi connectivity index (χ4n) is 4.91. The van der Waals surface area contributed by atoms with Gasteiger partial charge in [0.05, 0.1) is 0 Å². The van der Waals surface area contributed by atoms with Crippen molar-refractivity contribution >= 4 is 34.4 Å². The minimum atomic E-state index is -0.197. The van der Waals surface area contributed by atoms with Gasteiger partial charge in [-0.15, -0.1) is 0 Å². The quantitative estimate of drug-likeness (QED) is 0.253. The zero-order valence-electron chi connectivity index (χ0n) is 22.7. The van der Waals surface area contributed by atoms with E-state index in [-0.39, 0.29) is 18.3 Å². The molecule has 0 spiro atoms. The summed E-state index contributed by atoms with van der Waals surface area (Å²) in [5, 5.41) is 15.3. The summed E-state index contributed by atoms with van der Waals surface area (Å²) in [6.45, 7) is 5.20. The van der Waals surface area contributed by atoms with Crippen molar-refractivity contribution in [2.45, 2.75) is 6.42 Å². The second-order valence-electron chi connectivity index (χ2n) is 10.0. The number of benzene rings is 3. The Morgan fingerprint density at radius 1 is 0.775 bits per heavy atom. The molecule has 1 aliphatic rings. The Morgan fingerprint density at radius 2 is 1.35 bits per heavy atom. The molecular formula is C32H35N5O3. The summed E-state index contributed by atoms with van der Waals surface area (Å²) in [5.41, 5.74) is 5.45. The highest BCUT2D eigenvalue weighted by atomic mass is 16.3. The van der Waals surface area contributed by atoms with Gasteiger partial charge in [-0.3, -0.25) is 14.5 Å². The zero-order chi connectivity index (χ0) is 27.9. The third-order valence-electron chi connectivity index (χ3n) is 7.25. The van der Waals surface area contributed by atoms with Crippen LogP contribution in [0.15, 0.2) is 91.1 Å². The molecule has 0 atom stereocenters. The van der Waals surface area contributed by atoms with Gasteiger partial charge in [0.2, 0.25) is 0 Å². The number of rotatable bonds is 10. The van der Waals surface area contributed by atoms with E-state index in [9.17, 15) is 9.59 Å². The van der Waals surface area contributed by atoms with Crippen LogP contribution in [0.2, 0.25) is 0 Å². The van der Waals surface area contributed by atoms with Gasteiger partial charge in [0, 0.05) is 86.5 Å². The lowest BCUT2D eigenvalue weighted by Crippen LogP contribution is -2.46. The fraction of sp³-hybridized carbons (Fsp3) is 0.250. The van der Waals surface area contributed by atoms with E-state index in [1.807, 2.05) is 43.6 Å². The Labute approximate surface area is 234 Å². The number of aliphatic hydroxyl groups is 1. The summed E-state index contributed by atoms with van der Waals surface area (Å²) in [6, 6.07) is 26.4. The number of hydrogen-bond acceptors (Lipinski definition) is 6. The molecule has 3 N–H and O–H groups in total. The third-order valence-corrected chi connectivity index (χ3v) is 7.25. The maximum absolute atomic E-state index is 13.0. The Morgan fingerprint density at radius 3 is 1.90 bits per heavy atom. The van der Waals surface area contributed by atoms with Crippen LogP contribution in [-0.2, 0) is 7.05 Å². The second kappa shape index (κ2) is 12.6. The van der Waals surface area contributed by atoms with Crippen molar-refractivity contribution in [2.75, 3.05) is 54.9 Å². The standard InChI is InChI=1S/C32H35N5O3/c1-35-17-2-4-30(35)32(40)34-28-11-7-25(8-12-28)31(39)24-5-9-26(10-6-24)33-27-13-15-29(16-14-27)37-21-19-36(20-22-37)18-3-23-38/h2,4-17,33,38H,3,18-23H2,1H3,(H,34,40).